The molecule has 4 aromatic carbocycles. The monoisotopic (exact) mass is 538 g/mol. The summed E-state index contributed by atoms with van der Waals surface area (Å²) < 4.78 is 18.2. The molecule has 0 amide bonds. The molecule has 3 nitrogen and oxygen atoms in total. The molecule has 0 radical (unpaired) electrons. The molecule has 204 valence electrons. The van der Waals surface area contributed by atoms with Crippen molar-refractivity contribution in [3.05, 3.63) is 108 Å². The zero-order chi connectivity index (χ0) is 27.9. The SMILES string of the molecule is COc1ccc(OC)c2cc(CCC/C(C)=C\CO[Si](c3ccccc3)(c3ccccc3)C(C)(C)C)ccc12. The first-order chi connectivity index (χ1) is 18.8. The Morgan fingerprint density at radius 1 is 0.744 bits per heavy atom. The Kier molecular flexibility index (Phi) is 9.31. The fourth-order valence-electron chi connectivity index (χ4n) is 5.60. The van der Waals surface area contributed by atoms with Crippen molar-refractivity contribution in [2.75, 3.05) is 20.8 Å². The maximum atomic E-state index is 7.03. The van der Waals surface area contributed by atoms with Crippen LogP contribution in [0, 0.1) is 0 Å². The zero-order valence-corrected chi connectivity index (χ0v) is 25.3. The molecule has 39 heavy (non-hydrogen) atoms. The summed E-state index contributed by atoms with van der Waals surface area (Å²) in [6.07, 6.45) is 5.42. The van der Waals surface area contributed by atoms with Gasteiger partial charge in [0.15, 0.2) is 0 Å². The van der Waals surface area contributed by atoms with Crippen LogP contribution in [0.4, 0.5) is 0 Å². The van der Waals surface area contributed by atoms with E-state index in [0.717, 1.165) is 41.5 Å². The van der Waals surface area contributed by atoms with E-state index in [1.165, 1.54) is 21.5 Å². The predicted octanol–water partition coefficient (Wildman–Crippen LogP) is 7.70. The minimum atomic E-state index is -2.51. The Labute approximate surface area is 235 Å². The highest BCUT2D eigenvalue weighted by molar-refractivity contribution is 6.99. The van der Waals surface area contributed by atoms with Crippen molar-refractivity contribution in [3.8, 4) is 11.5 Å². The van der Waals surface area contributed by atoms with Gasteiger partial charge in [-0.15, -0.1) is 0 Å². The average molecular weight is 539 g/mol. The van der Waals surface area contributed by atoms with E-state index in [2.05, 4.69) is 113 Å². The minimum absolute atomic E-state index is 0.0166. The van der Waals surface area contributed by atoms with Crippen LogP contribution in [0.25, 0.3) is 10.8 Å². The minimum Gasteiger partial charge on any atom is -0.496 e. The van der Waals surface area contributed by atoms with Crippen LogP contribution in [0.2, 0.25) is 5.04 Å². The third kappa shape index (κ3) is 6.29. The Bertz CT molecular complexity index is 1350. The molecule has 4 rings (SSSR count). The predicted molar refractivity (Wildman–Crippen MR) is 167 cm³/mol. The van der Waals surface area contributed by atoms with Gasteiger partial charge in [0.25, 0.3) is 8.32 Å². The summed E-state index contributed by atoms with van der Waals surface area (Å²) in [6, 6.07) is 32.2. The van der Waals surface area contributed by atoms with E-state index in [4.69, 9.17) is 13.9 Å². The standard InChI is InChI=1S/C35H42O3Si/c1-27(14-13-15-28-20-21-31-32(26-28)34(37-6)23-22-33(31)36-5)24-25-38-39(35(2,3)4,29-16-9-7-10-17-29)30-18-11-8-12-19-30/h7-12,16-24,26H,13-15,25H2,1-6H3/b27-24-. The van der Waals surface area contributed by atoms with Crippen LogP contribution < -0.4 is 19.8 Å². The molecule has 0 heterocycles. The first-order valence-electron chi connectivity index (χ1n) is 13.8. The van der Waals surface area contributed by atoms with E-state index >= 15 is 0 Å². The van der Waals surface area contributed by atoms with Gasteiger partial charge < -0.3 is 13.9 Å². The molecule has 4 heteroatoms. The lowest BCUT2D eigenvalue weighted by Crippen LogP contribution is -2.66. The van der Waals surface area contributed by atoms with E-state index in [1.54, 1.807) is 14.2 Å². The number of hydrogen-bond donors (Lipinski definition) is 0. The van der Waals surface area contributed by atoms with Crippen LogP contribution in [0.15, 0.2) is 103 Å². The van der Waals surface area contributed by atoms with Crippen molar-refractivity contribution in [1.29, 1.82) is 0 Å². The van der Waals surface area contributed by atoms with Crippen LogP contribution in [0.3, 0.4) is 0 Å². The zero-order valence-electron chi connectivity index (χ0n) is 24.3. The van der Waals surface area contributed by atoms with E-state index < -0.39 is 8.32 Å². The highest BCUT2D eigenvalue weighted by atomic mass is 28.4. The summed E-state index contributed by atoms with van der Waals surface area (Å²) in [6.45, 7) is 9.81. The lowest BCUT2D eigenvalue weighted by molar-refractivity contribution is 0.338. The van der Waals surface area contributed by atoms with Gasteiger partial charge in [-0.25, -0.2) is 0 Å². The van der Waals surface area contributed by atoms with Gasteiger partial charge in [-0.3, -0.25) is 0 Å². The molecule has 0 saturated carbocycles. The molecule has 0 atom stereocenters. The Balaban J connectivity index is 1.47. The molecular weight excluding hydrogens is 496 g/mol. The molecule has 0 aliphatic heterocycles. The topological polar surface area (TPSA) is 27.7 Å². The van der Waals surface area contributed by atoms with E-state index in [-0.39, 0.29) is 5.04 Å². The molecular formula is C35H42O3Si. The summed E-state index contributed by atoms with van der Waals surface area (Å²) in [4.78, 5) is 0. The van der Waals surface area contributed by atoms with E-state index in [0.29, 0.717) is 6.61 Å². The molecule has 0 fully saturated rings. The van der Waals surface area contributed by atoms with Crippen molar-refractivity contribution in [2.24, 2.45) is 0 Å². The third-order valence-corrected chi connectivity index (χ3v) is 12.6. The largest absolute Gasteiger partial charge is 0.496 e. The van der Waals surface area contributed by atoms with Crippen LogP contribution in [-0.2, 0) is 10.8 Å². The molecule has 0 N–H and O–H groups in total. The molecule has 0 aliphatic rings. The Morgan fingerprint density at radius 3 is 1.85 bits per heavy atom. The van der Waals surface area contributed by atoms with Gasteiger partial charge in [-0.05, 0) is 65.4 Å². The number of hydrogen-bond acceptors (Lipinski definition) is 3. The van der Waals surface area contributed by atoms with Gasteiger partial charge in [0.2, 0.25) is 0 Å². The third-order valence-electron chi connectivity index (χ3n) is 7.63. The molecule has 0 unspecified atom stereocenters. The second kappa shape index (κ2) is 12.7. The number of ether oxygens (including phenoxy) is 2. The van der Waals surface area contributed by atoms with Crippen molar-refractivity contribution < 1.29 is 13.9 Å². The molecule has 0 saturated heterocycles. The van der Waals surface area contributed by atoms with Gasteiger partial charge in [0, 0.05) is 10.8 Å². The lowest BCUT2D eigenvalue weighted by atomic mass is 10.0. The van der Waals surface area contributed by atoms with Gasteiger partial charge in [0.05, 0.1) is 20.8 Å². The van der Waals surface area contributed by atoms with Crippen LogP contribution >= 0.6 is 0 Å². The van der Waals surface area contributed by atoms with E-state index in [1.807, 2.05) is 12.1 Å². The van der Waals surface area contributed by atoms with Gasteiger partial charge in [0.1, 0.15) is 11.5 Å². The number of fused-ring (bicyclic) bond motifs is 1. The normalized spacial score (nSPS) is 12.5. The van der Waals surface area contributed by atoms with Crippen LogP contribution in [0.5, 0.6) is 11.5 Å². The fourth-order valence-corrected chi connectivity index (χ4v) is 10.1. The lowest BCUT2D eigenvalue weighted by Gasteiger charge is -2.42. The van der Waals surface area contributed by atoms with Crippen LogP contribution in [0.1, 0.15) is 46.1 Å². The summed E-state index contributed by atoms with van der Waals surface area (Å²) >= 11 is 0. The molecule has 0 spiro atoms. The van der Waals surface area contributed by atoms with Gasteiger partial charge in [-0.2, -0.15) is 0 Å². The second-order valence-corrected chi connectivity index (χ2v) is 15.5. The summed E-state index contributed by atoms with van der Waals surface area (Å²) in [5.41, 5.74) is 2.68. The summed E-state index contributed by atoms with van der Waals surface area (Å²) in [5, 5.41) is 4.80. The number of benzene rings is 4. The molecule has 0 aromatic heterocycles. The Morgan fingerprint density at radius 2 is 1.31 bits per heavy atom. The Hall–Kier alpha value is -3.34. The average Bonchev–Trinajstić information content (AvgIpc) is 2.95. The molecule has 4 aromatic rings. The van der Waals surface area contributed by atoms with E-state index in [9.17, 15) is 0 Å². The van der Waals surface area contributed by atoms with Crippen molar-refractivity contribution in [1.82, 2.24) is 0 Å². The maximum absolute atomic E-state index is 7.03. The van der Waals surface area contributed by atoms with Gasteiger partial charge >= 0.3 is 0 Å². The number of methoxy groups -OCH3 is 2. The fraction of sp³-hybridized carbons (Fsp3) is 0.314. The summed E-state index contributed by atoms with van der Waals surface area (Å²) in [7, 11) is 0.919. The number of aryl methyl sites for hydroxylation is 1. The highest BCUT2D eigenvalue weighted by Crippen LogP contribution is 2.37. The second-order valence-electron chi connectivity index (χ2n) is 11.2. The van der Waals surface area contributed by atoms with Crippen LogP contribution in [-0.4, -0.2) is 29.1 Å². The number of allylic oxidation sites excluding steroid dienone is 1. The molecule has 0 aliphatic carbocycles. The quantitative estimate of drug-likeness (QED) is 0.145. The van der Waals surface area contributed by atoms with Crippen molar-refractivity contribution in [3.63, 3.8) is 0 Å². The van der Waals surface area contributed by atoms with Gasteiger partial charge in [-0.1, -0.05) is 105 Å². The highest BCUT2D eigenvalue weighted by Gasteiger charge is 2.49. The first-order valence-corrected chi connectivity index (χ1v) is 15.7. The number of rotatable bonds is 11. The van der Waals surface area contributed by atoms with Crippen molar-refractivity contribution >= 4 is 29.5 Å². The summed E-state index contributed by atoms with van der Waals surface area (Å²) in [5.74, 6) is 1.75. The molecule has 0 bridgehead atoms. The van der Waals surface area contributed by atoms with Crippen molar-refractivity contribution in [2.45, 2.75) is 52.0 Å². The smallest absolute Gasteiger partial charge is 0.261 e. The first kappa shape index (κ1) is 28.7. The maximum Gasteiger partial charge on any atom is 0.261 e.